The molecule has 0 heterocycles. The molecule has 0 spiro atoms. The standard InChI is InChI=1S/C7H14O2/c1-4-6(9)7(2,3)5-8/h5-6,9H,4H2,1-3H3. The number of aliphatic hydroxyl groups is 1. The SMILES string of the molecule is CCC(O)C(C)(C)C=O. The molecule has 1 unspecified atom stereocenters. The van der Waals surface area contributed by atoms with E-state index < -0.39 is 11.5 Å². The van der Waals surface area contributed by atoms with Gasteiger partial charge in [0.05, 0.1) is 6.10 Å². The van der Waals surface area contributed by atoms with Crippen LogP contribution in [0.5, 0.6) is 0 Å². The van der Waals surface area contributed by atoms with Gasteiger partial charge in [-0.15, -0.1) is 0 Å². The van der Waals surface area contributed by atoms with Gasteiger partial charge in [0.2, 0.25) is 0 Å². The summed E-state index contributed by atoms with van der Waals surface area (Å²) < 4.78 is 0. The summed E-state index contributed by atoms with van der Waals surface area (Å²) >= 11 is 0. The van der Waals surface area contributed by atoms with Crippen LogP contribution in [0.25, 0.3) is 0 Å². The number of carbonyl (C=O) groups is 1. The smallest absolute Gasteiger partial charge is 0.128 e. The number of carbonyl (C=O) groups excluding carboxylic acids is 1. The van der Waals surface area contributed by atoms with Crippen molar-refractivity contribution in [3.8, 4) is 0 Å². The molecule has 0 bridgehead atoms. The second-order valence-corrected chi connectivity index (χ2v) is 2.86. The Balaban J connectivity index is 3.95. The molecule has 0 aliphatic carbocycles. The molecule has 0 rings (SSSR count). The maximum atomic E-state index is 10.3. The van der Waals surface area contributed by atoms with Crippen LogP contribution in [0, 0.1) is 5.41 Å². The van der Waals surface area contributed by atoms with Gasteiger partial charge in [-0.1, -0.05) is 20.8 Å². The van der Waals surface area contributed by atoms with E-state index in [4.69, 9.17) is 5.11 Å². The minimum absolute atomic E-state index is 0.505. The summed E-state index contributed by atoms with van der Waals surface area (Å²) in [7, 11) is 0. The molecule has 0 aromatic carbocycles. The zero-order valence-electron chi connectivity index (χ0n) is 6.22. The zero-order valence-corrected chi connectivity index (χ0v) is 6.22. The van der Waals surface area contributed by atoms with Crippen molar-refractivity contribution in [1.29, 1.82) is 0 Å². The van der Waals surface area contributed by atoms with Crippen LogP contribution in [0.15, 0.2) is 0 Å². The van der Waals surface area contributed by atoms with Crippen molar-refractivity contribution < 1.29 is 9.90 Å². The fourth-order valence-corrected chi connectivity index (χ4v) is 0.605. The molecular formula is C7H14O2. The molecule has 0 aliphatic rings. The lowest BCUT2D eigenvalue weighted by molar-refractivity contribution is -0.120. The highest BCUT2D eigenvalue weighted by Crippen LogP contribution is 2.18. The first kappa shape index (κ1) is 8.63. The molecule has 0 aromatic heterocycles. The summed E-state index contributed by atoms with van der Waals surface area (Å²) in [6, 6.07) is 0. The van der Waals surface area contributed by atoms with E-state index in [0.29, 0.717) is 6.42 Å². The van der Waals surface area contributed by atoms with E-state index in [1.807, 2.05) is 6.92 Å². The van der Waals surface area contributed by atoms with Gasteiger partial charge in [-0.2, -0.15) is 0 Å². The van der Waals surface area contributed by atoms with Crippen molar-refractivity contribution in [3.05, 3.63) is 0 Å². The van der Waals surface area contributed by atoms with E-state index >= 15 is 0 Å². The van der Waals surface area contributed by atoms with Crippen LogP contribution in [-0.2, 0) is 4.79 Å². The number of hydrogen-bond acceptors (Lipinski definition) is 2. The van der Waals surface area contributed by atoms with Gasteiger partial charge in [0.1, 0.15) is 6.29 Å². The highest BCUT2D eigenvalue weighted by molar-refractivity contribution is 5.58. The molecule has 2 nitrogen and oxygen atoms in total. The summed E-state index contributed by atoms with van der Waals surface area (Å²) in [5, 5.41) is 9.15. The number of aldehydes is 1. The average molecular weight is 130 g/mol. The van der Waals surface area contributed by atoms with Crippen molar-refractivity contribution >= 4 is 6.29 Å². The fraction of sp³-hybridized carbons (Fsp3) is 0.857. The Morgan fingerprint density at radius 1 is 1.67 bits per heavy atom. The Labute approximate surface area is 55.9 Å². The molecule has 0 aliphatic heterocycles. The van der Waals surface area contributed by atoms with Crippen molar-refractivity contribution in [1.82, 2.24) is 0 Å². The van der Waals surface area contributed by atoms with E-state index in [1.54, 1.807) is 13.8 Å². The van der Waals surface area contributed by atoms with Gasteiger partial charge in [0.25, 0.3) is 0 Å². The fourth-order valence-electron chi connectivity index (χ4n) is 0.605. The number of hydrogen-bond donors (Lipinski definition) is 1. The normalized spacial score (nSPS) is 15.1. The van der Waals surface area contributed by atoms with E-state index in [2.05, 4.69) is 0 Å². The average Bonchev–Trinajstić information content (AvgIpc) is 1.86. The lowest BCUT2D eigenvalue weighted by Gasteiger charge is -2.22. The maximum Gasteiger partial charge on any atom is 0.128 e. The molecule has 9 heavy (non-hydrogen) atoms. The quantitative estimate of drug-likeness (QED) is 0.578. The monoisotopic (exact) mass is 130 g/mol. The minimum Gasteiger partial charge on any atom is -0.392 e. The van der Waals surface area contributed by atoms with Crippen molar-refractivity contribution in [2.75, 3.05) is 0 Å². The van der Waals surface area contributed by atoms with Gasteiger partial charge in [-0.25, -0.2) is 0 Å². The molecule has 2 heteroatoms. The molecule has 1 N–H and O–H groups in total. The third-order valence-electron chi connectivity index (χ3n) is 1.55. The lowest BCUT2D eigenvalue weighted by Crippen LogP contribution is -2.29. The van der Waals surface area contributed by atoms with Crippen LogP contribution in [0.2, 0.25) is 0 Å². The summed E-state index contributed by atoms with van der Waals surface area (Å²) in [5.74, 6) is 0. The van der Waals surface area contributed by atoms with Gasteiger partial charge in [0.15, 0.2) is 0 Å². The highest BCUT2D eigenvalue weighted by atomic mass is 16.3. The van der Waals surface area contributed by atoms with Gasteiger partial charge in [-0.3, -0.25) is 0 Å². The van der Waals surface area contributed by atoms with Crippen LogP contribution in [0.1, 0.15) is 27.2 Å². The molecule has 0 saturated carbocycles. The van der Waals surface area contributed by atoms with Crippen LogP contribution < -0.4 is 0 Å². The minimum atomic E-state index is -0.575. The first-order valence-corrected chi connectivity index (χ1v) is 3.19. The molecule has 0 radical (unpaired) electrons. The second kappa shape index (κ2) is 2.97. The molecule has 54 valence electrons. The Kier molecular flexibility index (Phi) is 2.85. The molecule has 1 atom stereocenters. The van der Waals surface area contributed by atoms with Crippen LogP contribution in [-0.4, -0.2) is 17.5 Å². The zero-order chi connectivity index (χ0) is 7.49. The van der Waals surface area contributed by atoms with E-state index in [0.717, 1.165) is 6.29 Å². The predicted molar refractivity (Wildman–Crippen MR) is 36.1 cm³/mol. The lowest BCUT2D eigenvalue weighted by atomic mass is 9.87. The van der Waals surface area contributed by atoms with Crippen LogP contribution in [0.3, 0.4) is 0 Å². The molecular weight excluding hydrogens is 116 g/mol. The summed E-state index contributed by atoms with van der Waals surface area (Å²) in [5.41, 5.74) is -0.575. The van der Waals surface area contributed by atoms with Crippen molar-refractivity contribution in [3.63, 3.8) is 0 Å². The van der Waals surface area contributed by atoms with Crippen molar-refractivity contribution in [2.45, 2.75) is 33.3 Å². The molecule has 0 saturated heterocycles. The topological polar surface area (TPSA) is 37.3 Å². The predicted octanol–water partition coefficient (Wildman–Crippen LogP) is 0.982. The van der Waals surface area contributed by atoms with E-state index in [-0.39, 0.29) is 0 Å². The first-order chi connectivity index (χ1) is 4.04. The van der Waals surface area contributed by atoms with E-state index in [9.17, 15) is 4.79 Å². The summed E-state index contributed by atoms with van der Waals surface area (Å²) in [6.45, 7) is 5.32. The first-order valence-electron chi connectivity index (χ1n) is 3.19. The van der Waals surface area contributed by atoms with Gasteiger partial charge < -0.3 is 9.90 Å². The van der Waals surface area contributed by atoms with Gasteiger partial charge in [-0.05, 0) is 6.42 Å². The maximum absolute atomic E-state index is 10.3. The van der Waals surface area contributed by atoms with Crippen LogP contribution in [0.4, 0.5) is 0 Å². The Morgan fingerprint density at radius 3 is 2.22 bits per heavy atom. The molecule has 0 fully saturated rings. The summed E-state index contributed by atoms with van der Waals surface area (Å²) in [4.78, 5) is 10.3. The van der Waals surface area contributed by atoms with E-state index in [1.165, 1.54) is 0 Å². The molecule has 0 amide bonds. The third kappa shape index (κ3) is 2.14. The second-order valence-electron chi connectivity index (χ2n) is 2.86. The van der Waals surface area contributed by atoms with Gasteiger partial charge >= 0.3 is 0 Å². The number of aliphatic hydroxyl groups excluding tert-OH is 1. The Bertz CT molecular complexity index is 97.1. The Hall–Kier alpha value is -0.370. The third-order valence-corrected chi connectivity index (χ3v) is 1.55. The van der Waals surface area contributed by atoms with Crippen molar-refractivity contribution in [2.24, 2.45) is 5.41 Å². The van der Waals surface area contributed by atoms with Crippen LogP contribution >= 0.6 is 0 Å². The highest BCUT2D eigenvalue weighted by Gasteiger charge is 2.24. The molecule has 0 aromatic rings. The summed E-state index contributed by atoms with van der Waals surface area (Å²) in [6.07, 6.45) is 0.919. The van der Waals surface area contributed by atoms with Gasteiger partial charge in [0, 0.05) is 5.41 Å². The largest absolute Gasteiger partial charge is 0.392 e. The number of rotatable bonds is 3. The Morgan fingerprint density at radius 2 is 2.11 bits per heavy atom.